The van der Waals surface area contributed by atoms with Crippen LogP contribution in [0.1, 0.15) is 103 Å². The van der Waals surface area contributed by atoms with Crippen LogP contribution >= 0.6 is 0 Å². The van der Waals surface area contributed by atoms with E-state index in [9.17, 15) is 29.9 Å². The largest absolute Gasteiger partial charge is 0.507 e. The number of benzene rings is 2. The van der Waals surface area contributed by atoms with Crippen LogP contribution in [0.5, 0.6) is 28.7 Å². The van der Waals surface area contributed by atoms with Gasteiger partial charge in [0.2, 0.25) is 11.7 Å². The number of piperidine rings is 1. The van der Waals surface area contributed by atoms with Crippen molar-refractivity contribution in [3.05, 3.63) is 70.4 Å². The van der Waals surface area contributed by atoms with Gasteiger partial charge in [-0.1, -0.05) is 12.2 Å². The van der Waals surface area contributed by atoms with E-state index >= 15 is 0 Å². The molecule has 2 unspecified atom stereocenters. The molecule has 0 bridgehead atoms. The number of anilines is 1. The number of hydrogen-bond donors (Lipinski definition) is 3. The first kappa shape index (κ1) is 39.4. The Labute approximate surface area is 315 Å². The molecule has 0 radical (unpaired) electrons. The Morgan fingerprint density at radius 1 is 1.06 bits per heavy atom. The number of nitrogens with one attached hydrogen (secondary N) is 1. The second-order valence-electron chi connectivity index (χ2n) is 13.6. The number of carbonyl (C=O) groups excluding carboxylic acids is 3. The third kappa shape index (κ3) is 9.23. The molecule has 1 fully saturated rings. The van der Waals surface area contributed by atoms with Crippen molar-refractivity contribution >= 4 is 29.6 Å². The molecule has 3 heterocycles. The van der Waals surface area contributed by atoms with Crippen molar-refractivity contribution in [2.24, 2.45) is 0 Å². The van der Waals surface area contributed by atoms with Crippen LogP contribution in [0.4, 0.5) is 5.82 Å². The Morgan fingerprint density at radius 2 is 1.76 bits per heavy atom. The molecule has 2 aliphatic heterocycles. The van der Waals surface area contributed by atoms with Gasteiger partial charge >= 0.3 is 5.97 Å². The van der Waals surface area contributed by atoms with Gasteiger partial charge in [0.25, 0.3) is 0 Å². The topological polar surface area (TPSA) is 181 Å². The average molecular weight is 741 g/mol. The average Bonchev–Trinajstić information content (AvgIpc) is 3.16. The molecule has 1 amide bonds. The Bertz CT molecular complexity index is 1890. The number of rotatable bonds is 9. The Balaban J connectivity index is 1.52. The summed E-state index contributed by atoms with van der Waals surface area (Å²) in [5, 5.41) is 36.3. The minimum absolute atomic E-state index is 0.0445. The number of nitriles is 1. The number of ketones is 1. The Kier molecular flexibility index (Phi) is 13.4. The summed E-state index contributed by atoms with van der Waals surface area (Å²) in [5.74, 6) is -1.33. The zero-order chi connectivity index (χ0) is 38.8. The highest BCUT2D eigenvalue weighted by molar-refractivity contribution is 5.98. The van der Waals surface area contributed by atoms with Crippen LogP contribution in [-0.4, -0.2) is 79.4 Å². The summed E-state index contributed by atoms with van der Waals surface area (Å²) in [4.78, 5) is 46.4. The zero-order valence-electron chi connectivity index (χ0n) is 31.2. The van der Waals surface area contributed by atoms with Crippen molar-refractivity contribution in [3.63, 3.8) is 0 Å². The summed E-state index contributed by atoms with van der Waals surface area (Å²) in [6.07, 6.45) is 8.52. The Morgan fingerprint density at radius 3 is 2.43 bits per heavy atom. The minimum atomic E-state index is -0.996. The molecule has 0 spiro atoms. The lowest BCUT2D eigenvalue weighted by molar-refractivity contribution is -0.122. The number of methoxy groups -OCH3 is 3. The number of allylic oxidation sites excluding steroid dienone is 1. The van der Waals surface area contributed by atoms with E-state index in [2.05, 4.69) is 16.4 Å². The SMILES string of the molecule is COc1cc(C(CC(=O)NC2CCN(c3ncccc3C#N)CC2)c2c(O)cc3c(c2O)C(=O)OC(C)CCCC(=O)CCCC=C3)cc(OC)c1OC. The fourth-order valence-corrected chi connectivity index (χ4v) is 7.15. The molecule has 3 N–H and O–H groups in total. The summed E-state index contributed by atoms with van der Waals surface area (Å²) < 4.78 is 22.5. The highest BCUT2D eigenvalue weighted by Gasteiger charge is 2.33. The number of fused-ring (bicyclic) bond motifs is 1. The summed E-state index contributed by atoms with van der Waals surface area (Å²) in [6.45, 7) is 2.88. The second-order valence-corrected chi connectivity index (χ2v) is 13.6. The van der Waals surface area contributed by atoms with E-state index in [0.717, 1.165) is 0 Å². The van der Waals surface area contributed by atoms with Crippen LogP contribution in [-0.2, 0) is 14.3 Å². The second kappa shape index (κ2) is 18.3. The van der Waals surface area contributed by atoms with Crippen LogP contribution in [0.15, 0.2) is 42.6 Å². The first-order chi connectivity index (χ1) is 26.1. The lowest BCUT2D eigenvalue weighted by atomic mass is 9.84. The van der Waals surface area contributed by atoms with Crippen LogP contribution in [0.3, 0.4) is 0 Å². The minimum Gasteiger partial charge on any atom is -0.507 e. The van der Waals surface area contributed by atoms with Crippen LogP contribution < -0.4 is 24.4 Å². The molecule has 5 rings (SSSR count). The van der Waals surface area contributed by atoms with Gasteiger partial charge in [-0.15, -0.1) is 0 Å². The van der Waals surface area contributed by atoms with Gasteiger partial charge in [0.1, 0.15) is 34.7 Å². The summed E-state index contributed by atoms with van der Waals surface area (Å²) in [7, 11) is 4.38. The molecule has 54 heavy (non-hydrogen) atoms. The molecule has 13 heteroatoms. The molecule has 2 aliphatic rings. The zero-order valence-corrected chi connectivity index (χ0v) is 31.2. The molecule has 13 nitrogen and oxygen atoms in total. The maximum Gasteiger partial charge on any atom is 0.342 e. The molecule has 3 aromatic rings. The molecule has 0 aliphatic carbocycles. The molecule has 0 saturated carbocycles. The number of ether oxygens (including phenoxy) is 4. The lowest BCUT2D eigenvalue weighted by Crippen LogP contribution is -2.45. The molecule has 286 valence electrons. The highest BCUT2D eigenvalue weighted by atomic mass is 16.5. The van der Waals surface area contributed by atoms with E-state index in [1.807, 2.05) is 4.90 Å². The van der Waals surface area contributed by atoms with Crippen LogP contribution in [0.25, 0.3) is 6.08 Å². The standard InChI is InChI=1S/C41H48N4O9/c1-25-10-8-14-30(46)13-7-5-6-11-26-20-32(47)37(38(49)36(26)41(50)54-25)31(28-21-33(51-2)39(53-4)34(22-28)52-3)23-35(48)44-29-15-18-45(19-16-29)40-27(24-42)12-9-17-43-40/h6,9,11-12,17,20-22,25,29,31,47,49H,5,7-8,10,13-16,18-19,23H2,1-4H3,(H,44,48). The van der Waals surface area contributed by atoms with Crippen LogP contribution in [0.2, 0.25) is 0 Å². The maximum atomic E-state index is 14.0. The van der Waals surface area contributed by atoms with Crippen molar-refractivity contribution in [2.45, 2.75) is 82.8 Å². The number of phenols is 2. The number of carbonyl (C=O) groups is 3. The van der Waals surface area contributed by atoms with E-state index in [0.29, 0.717) is 98.6 Å². The number of nitrogens with zero attached hydrogens (tertiary/aromatic N) is 3. The Hall–Kier alpha value is -5.77. The summed E-state index contributed by atoms with van der Waals surface area (Å²) in [6, 6.07) is 10.1. The quantitative estimate of drug-likeness (QED) is 0.212. The van der Waals surface area contributed by atoms with Gasteiger partial charge in [-0.3, -0.25) is 9.59 Å². The van der Waals surface area contributed by atoms with Gasteiger partial charge < -0.3 is 39.4 Å². The predicted molar refractivity (Wildman–Crippen MR) is 201 cm³/mol. The van der Waals surface area contributed by atoms with Crippen molar-refractivity contribution in [1.82, 2.24) is 10.3 Å². The first-order valence-electron chi connectivity index (χ1n) is 18.3. The van der Waals surface area contributed by atoms with Gasteiger partial charge in [-0.05, 0) is 86.9 Å². The van der Waals surface area contributed by atoms with E-state index in [4.69, 9.17) is 18.9 Å². The highest BCUT2D eigenvalue weighted by Crippen LogP contribution is 2.48. The van der Waals surface area contributed by atoms with Crippen molar-refractivity contribution in [1.29, 1.82) is 5.26 Å². The van der Waals surface area contributed by atoms with Gasteiger partial charge in [0.05, 0.1) is 33.0 Å². The van der Waals surface area contributed by atoms with Gasteiger partial charge in [0, 0.05) is 56.1 Å². The molecule has 1 saturated heterocycles. The predicted octanol–water partition coefficient (Wildman–Crippen LogP) is 6.18. The molecule has 1 aromatic heterocycles. The maximum absolute atomic E-state index is 14.0. The first-order valence-corrected chi connectivity index (χ1v) is 18.3. The fourth-order valence-electron chi connectivity index (χ4n) is 7.15. The lowest BCUT2D eigenvalue weighted by Gasteiger charge is -2.33. The van der Waals surface area contributed by atoms with Gasteiger partial charge in [-0.25, -0.2) is 9.78 Å². The third-order valence-corrected chi connectivity index (χ3v) is 9.95. The van der Waals surface area contributed by atoms with Gasteiger partial charge in [-0.2, -0.15) is 5.26 Å². The fraction of sp³-hybridized carbons (Fsp3) is 0.439. The number of aromatic hydroxyl groups is 2. The normalized spacial score (nSPS) is 17.7. The number of phenolic OH excluding ortho intramolecular Hbond substituents is 2. The monoisotopic (exact) mass is 740 g/mol. The van der Waals surface area contributed by atoms with Crippen molar-refractivity contribution in [2.75, 3.05) is 39.3 Å². The summed E-state index contributed by atoms with van der Waals surface area (Å²) >= 11 is 0. The number of cyclic esters (lactones) is 1. The number of Topliss-reactive ketones (excluding diaryl/α,β-unsaturated/α-hetero) is 1. The van der Waals surface area contributed by atoms with Crippen molar-refractivity contribution in [3.8, 4) is 34.8 Å². The van der Waals surface area contributed by atoms with E-state index in [-0.39, 0.29) is 46.6 Å². The van der Waals surface area contributed by atoms with E-state index in [1.54, 1.807) is 49.5 Å². The van der Waals surface area contributed by atoms with Crippen molar-refractivity contribution < 1.29 is 43.5 Å². The number of amides is 1. The van der Waals surface area contributed by atoms with Gasteiger partial charge in [0.15, 0.2) is 11.5 Å². The number of aromatic nitrogens is 1. The molecular formula is C41H48N4O9. The number of esters is 1. The molecule has 2 aromatic carbocycles. The number of hydrogen-bond acceptors (Lipinski definition) is 12. The summed E-state index contributed by atoms with van der Waals surface area (Å²) in [5.41, 5.74) is 0.980. The molecule has 2 atom stereocenters. The smallest absolute Gasteiger partial charge is 0.342 e. The van der Waals surface area contributed by atoms with Crippen LogP contribution in [0, 0.1) is 11.3 Å². The number of pyridine rings is 1. The van der Waals surface area contributed by atoms with E-state index < -0.39 is 23.7 Å². The molecular weight excluding hydrogens is 692 g/mol. The van der Waals surface area contributed by atoms with E-state index in [1.165, 1.54) is 27.4 Å². The third-order valence-electron chi connectivity index (χ3n) is 9.95.